The Bertz CT molecular complexity index is 1350. The molecule has 9 N–H and O–H groups in total. The molecule has 0 aromatic carbocycles. The van der Waals surface area contributed by atoms with Crippen molar-refractivity contribution in [2.45, 2.75) is 216 Å². The summed E-state index contributed by atoms with van der Waals surface area (Å²) in [5, 5.41) is 86.6. The number of ether oxygens (including phenoxy) is 4. The van der Waals surface area contributed by atoms with Gasteiger partial charge in [-0.25, -0.2) is 0 Å². The summed E-state index contributed by atoms with van der Waals surface area (Å²) in [4.78, 5) is 13.1. The number of rotatable bonds is 35. The highest BCUT2D eigenvalue weighted by Gasteiger charge is 2.51. The highest BCUT2D eigenvalue weighted by molar-refractivity contribution is 5.76. The molecule has 0 aromatic rings. The fourth-order valence-electron chi connectivity index (χ4n) is 7.39. The van der Waals surface area contributed by atoms with Crippen LogP contribution in [-0.4, -0.2) is 140 Å². The van der Waals surface area contributed by atoms with Crippen LogP contribution in [0.25, 0.3) is 0 Å². The number of nitrogens with one attached hydrogen (secondary N) is 1. The maximum absolute atomic E-state index is 13.1. The lowest BCUT2D eigenvalue weighted by Gasteiger charge is -2.46. The van der Waals surface area contributed by atoms with Crippen LogP contribution < -0.4 is 5.32 Å². The summed E-state index contributed by atoms with van der Waals surface area (Å²) in [7, 11) is 0. The highest BCUT2D eigenvalue weighted by Crippen LogP contribution is 2.30. The molecule has 2 saturated heterocycles. The van der Waals surface area contributed by atoms with Crippen LogP contribution in [0.2, 0.25) is 0 Å². The zero-order valence-corrected chi connectivity index (χ0v) is 38.7. The molecule has 2 fully saturated rings. The van der Waals surface area contributed by atoms with E-state index in [2.05, 4.69) is 79.9 Å². The molecule has 0 bridgehead atoms. The van der Waals surface area contributed by atoms with E-state index in [9.17, 15) is 45.6 Å². The number of carbonyl (C=O) groups excluding carboxylic acids is 1. The smallest absolute Gasteiger partial charge is 0.220 e. The molecule has 64 heavy (non-hydrogen) atoms. The minimum absolute atomic E-state index is 0.255. The van der Waals surface area contributed by atoms with Gasteiger partial charge in [-0.15, -0.1) is 0 Å². The first-order chi connectivity index (χ1) is 31.1. The van der Waals surface area contributed by atoms with Crippen LogP contribution in [0, 0.1) is 0 Å². The third kappa shape index (κ3) is 23.7. The van der Waals surface area contributed by atoms with Crippen molar-refractivity contribution in [3.63, 3.8) is 0 Å². The van der Waals surface area contributed by atoms with Crippen LogP contribution >= 0.6 is 0 Å². The number of aliphatic hydroxyl groups is 8. The van der Waals surface area contributed by atoms with E-state index < -0.39 is 86.8 Å². The van der Waals surface area contributed by atoms with Crippen molar-refractivity contribution in [3.05, 3.63) is 72.9 Å². The normalized spacial score (nSPS) is 27.9. The first-order valence-corrected chi connectivity index (χ1v) is 24.2. The molecule has 2 heterocycles. The van der Waals surface area contributed by atoms with Crippen molar-refractivity contribution in [3.8, 4) is 0 Å². The van der Waals surface area contributed by atoms with Crippen molar-refractivity contribution < 1.29 is 64.6 Å². The van der Waals surface area contributed by atoms with E-state index in [4.69, 9.17) is 18.9 Å². The van der Waals surface area contributed by atoms with Gasteiger partial charge in [0.15, 0.2) is 12.6 Å². The molecule has 12 atom stereocenters. The Morgan fingerprint density at radius 1 is 0.578 bits per heavy atom. The van der Waals surface area contributed by atoms with Crippen molar-refractivity contribution in [2.75, 3.05) is 19.8 Å². The Hall–Kier alpha value is -2.57. The molecule has 0 aliphatic carbocycles. The van der Waals surface area contributed by atoms with Gasteiger partial charge >= 0.3 is 0 Å². The Labute approximate surface area is 383 Å². The third-order valence-corrected chi connectivity index (χ3v) is 11.4. The van der Waals surface area contributed by atoms with Gasteiger partial charge in [-0.3, -0.25) is 4.79 Å². The van der Waals surface area contributed by atoms with Crippen molar-refractivity contribution >= 4 is 5.91 Å². The van der Waals surface area contributed by atoms with E-state index in [0.29, 0.717) is 12.8 Å². The van der Waals surface area contributed by atoms with Crippen LogP contribution in [0.4, 0.5) is 0 Å². The van der Waals surface area contributed by atoms with Gasteiger partial charge < -0.3 is 65.1 Å². The number of allylic oxidation sites excluding steroid dienone is 11. The maximum Gasteiger partial charge on any atom is 0.220 e. The van der Waals surface area contributed by atoms with Crippen LogP contribution in [0.5, 0.6) is 0 Å². The standard InChI is InChI=1S/C50H85NO13/c1-3-5-7-9-11-13-15-17-18-19-20-22-24-26-28-30-32-34-42(55)51-38(39(54)33-31-29-27-25-23-21-16-14-12-10-8-6-4-2)37-61-49-47(60)45(58)48(41(36-53)63-49)64-50-46(59)44(57)43(56)40(35-52)62-50/h5,7,11-14,17-18,23,25,31,33,38-41,43-50,52-54,56-60H,3-4,6,8-10,15-16,19-22,24,26-30,32,34-37H2,1-2H3,(H,51,55)/b7-5-,13-11-,14-12+,18-17-,25-23+,33-31+. The second-order valence-electron chi connectivity index (χ2n) is 16.8. The maximum atomic E-state index is 13.1. The Kier molecular flexibility index (Phi) is 32.9. The monoisotopic (exact) mass is 908 g/mol. The molecule has 1 amide bonds. The predicted octanol–water partition coefficient (Wildman–Crippen LogP) is 5.65. The Balaban J connectivity index is 1.89. The number of hydrogen-bond donors (Lipinski definition) is 9. The SMILES string of the molecule is CC/C=C\C/C=C\C/C=C\CCCCCCCCCC(=O)NC(COC1OC(CO)C(OC2OC(CO)C(O)C(O)C2O)C(O)C1O)C(O)/C=C/CC/C=C/CC/C=C/CCCCC. The van der Waals surface area contributed by atoms with E-state index in [1.54, 1.807) is 6.08 Å². The molecule has 0 radical (unpaired) electrons. The average molecular weight is 908 g/mol. The molecule has 14 nitrogen and oxygen atoms in total. The fourth-order valence-corrected chi connectivity index (χ4v) is 7.39. The Morgan fingerprint density at radius 3 is 1.72 bits per heavy atom. The second-order valence-corrected chi connectivity index (χ2v) is 16.8. The molecule has 2 aliphatic rings. The van der Waals surface area contributed by atoms with Crippen molar-refractivity contribution in [1.29, 1.82) is 0 Å². The number of unbranched alkanes of at least 4 members (excludes halogenated alkanes) is 12. The van der Waals surface area contributed by atoms with Gasteiger partial charge in [0.2, 0.25) is 5.91 Å². The molecular formula is C50H85NO13. The summed E-state index contributed by atoms with van der Waals surface area (Å²) < 4.78 is 22.6. The van der Waals surface area contributed by atoms with Gasteiger partial charge in [-0.05, 0) is 77.0 Å². The molecule has 2 aliphatic heterocycles. The first-order valence-electron chi connectivity index (χ1n) is 24.2. The van der Waals surface area contributed by atoms with Crippen molar-refractivity contribution in [2.24, 2.45) is 0 Å². The topological polar surface area (TPSA) is 228 Å². The lowest BCUT2D eigenvalue weighted by atomic mass is 9.97. The summed E-state index contributed by atoms with van der Waals surface area (Å²) in [6.07, 6.45) is 28.0. The summed E-state index contributed by atoms with van der Waals surface area (Å²) in [6, 6.07) is -0.944. The lowest BCUT2D eigenvalue weighted by molar-refractivity contribution is -0.359. The molecule has 368 valence electrons. The van der Waals surface area contributed by atoms with Gasteiger partial charge in [-0.1, -0.05) is 132 Å². The quantitative estimate of drug-likeness (QED) is 0.0277. The fraction of sp³-hybridized carbons (Fsp3) is 0.740. The number of carbonyl (C=O) groups is 1. The van der Waals surface area contributed by atoms with E-state index in [0.717, 1.165) is 83.5 Å². The van der Waals surface area contributed by atoms with Crippen LogP contribution in [0.15, 0.2) is 72.9 Å². The number of hydrogen-bond acceptors (Lipinski definition) is 13. The minimum atomic E-state index is -1.79. The predicted molar refractivity (Wildman–Crippen MR) is 249 cm³/mol. The van der Waals surface area contributed by atoms with Crippen LogP contribution in [-0.2, 0) is 23.7 Å². The summed E-state index contributed by atoms with van der Waals surface area (Å²) in [5.41, 5.74) is 0. The van der Waals surface area contributed by atoms with E-state index >= 15 is 0 Å². The zero-order valence-electron chi connectivity index (χ0n) is 38.7. The second kappa shape index (κ2) is 36.5. The van der Waals surface area contributed by atoms with Gasteiger partial charge in [0.1, 0.15) is 48.8 Å². The zero-order chi connectivity index (χ0) is 46.8. The molecule has 14 heteroatoms. The number of amides is 1. The molecule has 2 rings (SSSR count). The largest absolute Gasteiger partial charge is 0.394 e. The average Bonchev–Trinajstić information content (AvgIpc) is 3.29. The van der Waals surface area contributed by atoms with E-state index in [-0.39, 0.29) is 18.9 Å². The Morgan fingerprint density at radius 2 is 1.09 bits per heavy atom. The van der Waals surface area contributed by atoms with E-state index in [1.165, 1.54) is 25.7 Å². The van der Waals surface area contributed by atoms with Gasteiger partial charge in [0.25, 0.3) is 0 Å². The van der Waals surface area contributed by atoms with E-state index in [1.807, 2.05) is 6.08 Å². The molecule has 0 saturated carbocycles. The van der Waals surface area contributed by atoms with Gasteiger partial charge in [0, 0.05) is 6.42 Å². The summed E-state index contributed by atoms with van der Waals surface area (Å²) in [6.45, 7) is 2.57. The van der Waals surface area contributed by atoms with Crippen molar-refractivity contribution in [1.82, 2.24) is 5.32 Å². The molecular weight excluding hydrogens is 823 g/mol. The van der Waals surface area contributed by atoms with Crippen LogP contribution in [0.1, 0.15) is 142 Å². The summed E-state index contributed by atoms with van der Waals surface area (Å²) >= 11 is 0. The van der Waals surface area contributed by atoms with Gasteiger partial charge in [0.05, 0.1) is 32.0 Å². The third-order valence-electron chi connectivity index (χ3n) is 11.4. The minimum Gasteiger partial charge on any atom is -0.394 e. The first kappa shape index (κ1) is 57.6. The lowest BCUT2D eigenvalue weighted by Crippen LogP contribution is -2.65. The van der Waals surface area contributed by atoms with Gasteiger partial charge in [-0.2, -0.15) is 0 Å². The summed E-state index contributed by atoms with van der Waals surface area (Å²) in [5.74, 6) is -0.270. The number of aliphatic hydroxyl groups excluding tert-OH is 8. The van der Waals surface area contributed by atoms with Crippen LogP contribution in [0.3, 0.4) is 0 Å². The molecule has 0 aromatic heterocycles. The molecule has 12 unspecified atom stereocenters. The molecule has 0 spiro atoms. The highest BCUT2D eigenvalue weighted by atomic mass is 16.7.